The number of carbonyl (C=O) groups is 1. The van der Waals surface area contributed by atoms with Crippen molar-refractivity contribution in [1.82, 2.24) is 5.32 Å². The lowest BCUT2D eigenvalue weighted by atomic mass is 9.94. The Hall–Kier alpha value is -1.31. The Morgan fingerprint density at radius 3 is 2.29 bits per heavy atom. The number of amides is 1. The number of aryl methyl sites for hydroxylation is 2. The van der Waals surface area contributed by atoms with Gasteiger partial charge in [0.2, 0.25) is 5.91 Å². The van der Waals surface area contributed by atoms with Gasteiger partial charge in [0.15, 0.2) is 0 Å². The van der Waals surface area contributed by atoms with E-state index < -0.39 is 0 Å². The van der Waals surface area contributed by atoms with Crippen LogP contribution >= 0.6 is 0 Å². The molecule has 1 amide bonds. The molecule has 0 radical (unpaired) electrons. The molecular formula is C15H23NO. The highest BCUT2D eigenvalue weighted by Gasteiger charge is 2.23. The minimum absolute atomic E-state index is 0.0577. The van der Waals surface area contributed by atoms with Crippen molar-refractivity contribution >= 4 is 5.91 Å². The van der Waals surface area contributed by atoms with Crippen LogP contribution in [0.4, 0.5) is 0 Å². The van der Waals surface area contributed by atoms with Gasteiger partial charge in [-0.3, -0.25) is 4.79 Å². The van der Waals surface area contributed by atoms with Gasteiger partial charge in [-0.15, -0.1) is 0 Å². The number of hydrogen-bond donors (Lipinski definition) is 1. The van der Waals surface area contributed by atoms with Crippen molar-refractivity contribution in [2.45, 2.75) is 47.6 Å². The highest BCUT2D eigenvalue weighted by Crippen LogP contribution is 2.21. The molecule has 0 aliphatic carbocycles. The molecule has 1 aromatic rings. The van der Waals surface area contributed by atoms with Crippen molar-refractivity contribution in [2.24, 2.45) is 5.41 Å². The molecule has 0 bridgehead atoms. The Morgan fingerprint density at radius 1 is 1.24 bits per heavy atom. The lowest BCUT2D eigenvalue weighted by molar-refractivity contribution is -0.129. The lowest BCUT2D eigenvalue weighted by Crippen LogP contribution is -2.36. The normalized spacial score (nSPS) is 13.3. The number of rotatable bonds is 2. The van der Waals surface area contributed by atoms with E-state index in [1.807, 2.05) is 27.7 Å². The minimum Gasteiger partial charge on any atom is -0.349 e. The molecule has 1 N–H and O–H groups in total. The van der Waals surface area contributed by atoms with E-state index in [1.165, 1.54) is 16.7 Å². The fourth-order valence-corrected chi connectivity index (χ4v) is 1.80. The first-order valence-electron chi connectivity index (χ1n) is 6.10. The van der Waals surface area contributed by atoms with Gasteiger partial charge in [-0.2, -0.15) is 0 Å². The smallest absolute Gasteiger partial charge is 0.225 e. The summed E-state index contributed by atoms with van der Waals surface area (Å²) in [6.07, 6.45) is 0. The maximum absolute atomic E-state index is 11.9. The van der Waals surface area contributed by atoms with Crippen molar-refractivity contribution in [2.75, 3.05) is 0 Å². The van der Waals surface area contributed by atoms with Crippen molar-refractivity contribution < 1.29 is 4.79 Å². The number of hydrogen-bond acceptors (Lipinski definition) is 1. The molecule has 2 heteroatoms. The molecule has 94 valence electrons. The van der Waals surface area contributed by atoms with Gasteiger partial charge in [0.1, 0.15) is 0 Å². The molecule has 1 rings (SSSR count). The summed E-state index contributed by atoms with van der Waals surface area (Å²) in [7, 11) is 0. The quantitative estimate of drug-likeness (QED) is 0.832. The van der Waals surface area contributed by atoms with Gasteiger partial charge < -0.3 is 5.32 Å². The summed E-state index contributed by atoms with van der Waals surface area (Å²) in [6.45, 7) is 12.0. The lowest BCUT2D eigenvalue weighted by Gasteiger charge is -2.23. The zero-order chi connectivity index (χ0) is 13.2. The van der Waals surface area contributed by atoms with E-state index in [1.54, 1.807) is 0 Å². The van der Waals surface area contributed by atoms with Crippen LogP contribution in [0, 0.1) is 19.3 Å². The van der Waals surface area contributed by atoms with Gasteiger partial charge in [-0.05, 0) is 31.9 Å². The van der Waals surface area contributed by atoms with Crippen LogP contribution in [0.3, 0.4) is 0 Å². The van der Waals surface area contributed by atoms with E-state index in [4.69, 9.17) is 0 Å². The predicted octanol–water partition coefficient (Wildman–Crippen LogP) is 3.53. The average Bonchev–Trinajstić information content (AvgIpc) is 2.15. The van der Waals surface area contributed by atoms with E-state index in [0.717, 1.165) is 0 Å². The fourth-order valence-electron chi connectivity index (χ4n) is 1.80. The summed E-state index contributed by atoms with van der Waals surface area (Å²) in [4.78, 5) is 11.9. The summed E-state index contributed by atoms with van der Waals surface area (Å²) in [5, 5.41) is 3.06. The molecule has 0 fully saturated rings. The second kappa shape index (κ2) is 4.91. The molecule has 1 aromatic carbocycles. The molecule has 17 heavy (non-hydrogen) atoms. The molecule has 0 heterocycles. The highest BCUT2D eigenvalue weighted by atomic mass is 16.2. The number of benzene rings is 1. The minimum atomic E-state index is -0.340. The highest BCUT2D eigenvalue weighted by molar-refractivity contribution is 5.81. The average molecular weight is 233 g/mol. The molecule has 0 aliphatic heterocycles. The summed E-state index contributed by atoms with van der Waals surface area (Å²) in [5.74, 6) is 0.0879. The monoisotopic (exact) mass is 233 g/mol. The maximum atomic E-state index is 11.9. The third-order valence-corrected chi connectivity index (χ3v) is 2.92. The standard InChI is InChI=1S/C15H23NO/c1-10-7-8-13(11(2)9-10)12(3)16-14(17)15(4,5)6/h7-9,12H,1-6H3,(H,16,17)/t12-/m0/s1. The van der Waals surface area contributed by atoms with Gasteiger partial charge >= 0.3 is 0 Å². The van der Waals surface area contributed by atoms with Gasteiger partial charge in [0, 0.05) is 5.41 Å². The van der Waals surface area contributed by atoms with E-state index in [-0.39, 0.29) is 17.4 Å². The van der Waals surface area contributed by atoms with Crippen molar-refractivity contribution in [3.63, 3.8) is 0 Å². The van der Waals surface area contributed by atoms with Crippen LogP contribution in [0.5, 0.6) is 0 Å². The second-order valence-corrected chi connectivity index (χ2v) is 5.81. The maximum Gasteiger partial charge on any atom is 0.225 e. The molecule has 0 saturated carbocycles. The van der Waals surface area contributed by atoms with Gasteiger partial charge in [0.05, 0.1) is 6.04 Å². The van der Waals surface area contributed by atoms with Crippen molar-refractivity contribution in [3.8, 4) is 0 Å². The second-order valence-electron chi connectivity index (χ2n) is 5.81. The van der Waals surface area contributed by atoms with Gasteiger partial charge in [0.25, 0.3) is 0 Å². The summed E-state index contributed by atoms with van der Waals surface area (Å²) in [5.41, 5.74) is 3.33. The first-order chi connectivity index (χ1) is 7.71. The van der Waals surface area contributed by atoms with Crippen molar-refractivity contribution in [1.29, 1.82) is 0 Å². The van der Waals surface area contributed by atoms with Crippen LogP contribution in [0.2, 0.25) is 0 Å². The Kier molecular flexibility index (Phi) is 3.97. The number of carbonyl (C=O) groups excluding carboxylic acids is 1. The predicted molar refractivity (Wildman–Crippen MR) is 71.9 cm³/mol. The van der Waals surface area contributed by atoms with E-state index in [2.05, 4.69) is 37.4 Å². The third-order valence-electron chi connectivity index (χ3n) is 2.92. The molecule has 2 nitrogen and oxygen atoms in total. The number of nitrogens with one attached hydrogen (secondary N) is 1. The third kappa shape index (κ3) is 3.58. The summed E-state index contributed by atoms with van der Waals surface area (Å²) >= 11 is 0. The van der Waals surface area contributed by atoms with E-state index in [9.17, 15) is 4.79 Å². The summed E-state index contributed by atoms with van der Waals surface area (Å²) < 4.78 is 0. The topological polar surface area (TPSA) is 29.1 Å². The molecular weight excluding hydrogens is 210 g/mol. The molecule has 1 atom stereocenters. The molecule has 0 aliphatic rings. The fraction of sp³-hybridized carbons (Fsp3) is 0.533. The molecule has 0 unspecified atom stereocenters. The molecule has 0 spiro atoms. The Balaban J connectivity index is 2.84. The van der Waals surface area contributed by atoms with Crippen LogP contribution in [-0.2, 0) is 4.79 Å². The zero-order valence-corrected chi connectivity index (χ0v) is 11.7. The van der Waals surface area contributed by atoms with Gasteiger partial charge in [-0.25, -0.2) is 0 Å². The molecule has 0 aromatic heterocycles. The van der Waals surface area contributed by atoms with Crippen LogP contribution in [-0.4, -0.2) is 5.91 Å². The zero-order valence-electron chi connectivity index (χ0n) is 11.7. The van der Waals surface area contributed by atoms with E-state index in [0.29, 0.717) is 0 Å². The Labute approximate surface area is 104 Å². The van der Waals surface area contributed by atoms with E-state index >= 15 is 0 Å². The Morgan fingerprint density at radius 2 is 1.82 bits per heavy atom. The van der Waals surface area contributed by atoms with Crippen LogP contribution in [0.15, 0.2) is 18.2 Å². The Bertz CT molecular complexity index is 415. The van der Waals surface area contributed by atoms with Gasteiger partial charge in [-0.1, -0.05) is 44.5 Å². The largest absolute Gasteiger partial charge is 0.349 e. The SMILES string of the molecule is Cc1ccc([C@H](C)NC(=O)C(C)(C)C)c(C)c1. The summed E-state index contributed by atoms with van der Waals surface area (Å²) in [6, 6.07) is 6.39. The first-order valence-corrected chi connectivity index (χ1v) is 6.10. The van der Waals surface area contributed by atoms with Crippen LogP contribution in [0.25, 0.3) is 0 Å². The first kappa shape index (κ1) is 13.8. The van der Waals surface area contributed by atoms with Crippen LogP contribution in [0.1, 0.15) is 50.4 Å². The van der Waals surface area contributed by atoms with Crippen molar-refractivity contribution in [3.05, 3.63) is 34.9 Å². The van der Waals surface area contributed by atoms with Crippen LogP contribution < -0.4 is 5.32 Å². The molecule has 0 saturated heterocycles.